The van der Waals surface area contributed by atoms with Gasteiger partial charge < -0.3 is 4.90 Å². The minimum atomic E-state index is 0.700. The van der Waals surface area contributed by atoms with Crippen LogP contribution in [0, 0.1) is 5.92 Å². The van der Waals surface area contributed by atoms with E-state index in [1.807, 2.05) is 0 Å². The number of rotatable bonds is 1. The van der Waals surface area contributed by atoms with Crippen molar-refractivity contribution < 1.29 is 0 Å². The van der Waals surface area contributed by atoms with Gasteiger partial charge in [0.25, 0.3) is 0 Å². The van der Waals surface area contributed by atoms with E-state index in [1.54, 1.807) is 5.56 Å². The Kier molecular flexibility index (Phi) is 2.19. The first-order valence-corrected chi connectivity index (χ1v) is 7.00. The van der Waals surface area contributed by atoms with Crippen LogP contribution in [-0.4, -0.2) is 30.7 Å². The summed E-state index contributed by atoms with van der Waals surface area (Å²) in [5.41, 5.74) is 3.06. The van der Waals surface area contributed by atoms with Gasteiger partial charge in [-0.25, -0.2) is 0 Å². The summed E-state index contributed by atoms with van der Waals surface area (Å²) >= 11 is 0. The van der Waals surface area contributed by atoms with Gasteiger partial charge in [0, 0.05) is 25.3 Å². The second kappa shape index (κ2) is 3.74. The van der Waals surface area contributed by atoms with Crippen molar-refractivity contribution in [2.45, 2.75) is 31.8 Å². The Morgan fingerprint density at radius 3 is 2.59 bits per heavy atom. The molecule has 0 aromatic heterocycles. The third kappa shape index (κ3) is 1.50. The van der Waals surface area contributed by atoms with Crippen LogP contribution in [0.1, 0.15) is 24.8 Å². The SMILES string of the molecule is c1ccc2c(c1)CCN2C1CC2CCN1CC2. The van der Waals surface area contributed by atoms with Gasteiger partial charge in [0.05, 0.1) is 6.17 Å². The quantitative estimate of drug-likeness (QED) is 0.728. The van der Waals surface area contributed by atoms with Crippen LogP contribution in [0.2, 0.25) is 0 Å². The van der Waals surface area contributed by atoms with E-state index in [2.05, 4.69) is 34.1 Å². The van der Waals surface area contributed by atoms with Crippen molar-refractivity contribution in [2.75, 3.05) is 24.5 Å². The lowest BCUT2D eigenvalue weighted by atomic mass is 9.86. The number of para-hydroxylation sites is 1. The van der Waals surface area contributed by atoms with Gasteiger partial charge >= 0.3 is 0 Å². The lowest BCUT2D eigenvalue weighted by molar-refractivity contribution is 0.0486. The van der Waals surface area contributed by atoms with E-state index >= 15 is 0 Å². The van der Waals surface area contributed by atoms with E-state index in [1.165, 1.54) is 51.0 Å². The number of piperidine rings is 3. The molecule has 5 rings (SSSR count). The van der Waals surface area contributed by atoms with Crippen molar-refractivity contribution in [1.82, 2.24) is 4.90 Å². The molecule has 3 saturated heterocycles. The van der Waals surface area contributed by atoms with Crippen molar-refractivity contribution in [3.8, 4) is 0 Å². The molecule has 0 aliphatic carbocycles. The lowest BCUT2D eigenvalue weighted by Crippen LogP contribution is -2.56. The third-order valence-electron chi connectivity index (χ3n) is 4.90. The number of hydrogen-bond acceptors (Lipinski definition) is 2. The Morgan fingerprint density at radius 1 is 1.00 bits per heavy atom. The molecule has 4 aliphatic heterocycles. The molecule has 2 nitrogen and oxygen atoms in total. The van der Waals surface area contributed by atoms with E-state index in [4.69, 9.17) is 0 Å². The second-order valence-corrected chi connectivity index (χ2v) is 5.77. The first-order valence-electron chi connectivity index (χ1n) is 7.00. The molecule has 0 amide bonds. The maximum absolute atomic E-state index is 2.71. The molecule has 1 unspecified atom stereocenters. The molecule has 2 heteroatoms. The molecule has 0 N–H and O–H groups in total. The zero-order valence-electron chi connectivity index (χ0n) is 10.3. The molecule has 0 radical (unpaired) electrons. The Hall–Kier alpha value is -1.02. The fraction of sp³-hybridized carbons (Fsp3) is 0.600. The van der Waals surface area contributed by atoms with Gasteiger partial charge in [0.1, 0.15) is 0 Å². The molecule has 1 aromatic rings. The maximum atomic E-state index is 2.71. The highest BCUT2D eigenvalue weighted by Crippen LogP contribution is 2.38. The van der Waals surface area contributed by atoms with Gasteiger partial charge in [-0.15, -0.1) is 0 Å². The fourth-order valence-electron chi connectivity index (χ4n) is 3.93. The average Bonchev–Trinajstić information content (AvgIpc) is 2.84. The van der Waals surface area contributed by atoms with Crippen molar-refractivity contribution in [3.63, 3.8) is 0 Å². The highest BCUT2D eigenvalue weighted by Gasteiger charge is 2.38. The van der Waals surface area contributed by atoms with Gasteiger partial charge in [-0.3, -0.25) is 4.90 Å². The summed E-state index contributed by atoms with van der Waals surface area (Å²) in [6.45, 7) is 3.88. The van der Waals surface area contributed by atoms with Crippen LogP contribution in [0.25, 0.3) is 0 Å². The summed E-state index contributed by atoms with van der Waals surface area (Å²) in [6, 6.07) is 8.97. The van der Waals surface area contributed by atoms with Crippen LogP contribution in [-0.2, 0) is 6.42 Å². The average molecular weight is 228 g/mol. The molecular formula is C15H20N2. The zero-order valence-corrected chi connectivity index (χ0v) is 10.3. The molecule has 4 aliphatic rings. The summed E-state index contributed by atoms with van der Waals surface area (Å²) in [5.74, 6) is 0.998. The predicted octanol–water partition coefficient (Wildman–Crippen LogP) is 2.49. The minimum Gasteiger partial charge on any atom is -0.355 e. The normalized spacial score (nSPS) is 35.1. The molecule has 17 heavy (non-hydrogen) atoms. The Bertz CT molecular complexity index is 421. The van der Waals surface area contributed by atoms with Gasteiger partial charge in [0.15, 0.2) is 0 Å². The Balaban J connectivity index is 1.64. The number of benzene rings is 1. The standard InChI is InChI=1S/C15H20N2/c1-2-4-14-13(3-1)7-10-17(14)15-11-12-5-8-16(15)9-6-12/h1-4,12,15H,5-11H2. The molecule has 2 bridgehead atoms. The van der Waals surface area contributed by atoms with E-state index in [-0.39, 0.29) is 0 Å². The highest BCUT2D eigenvalue weighted by molar-refractivity contribution is 5.58. The number of anilines is 1. The fourth-order valence-corrected chi connectivity index (χ4v) is 3.93. The third-order valence-corrected chi connectivity index (χ3v) is 4.90. The van der Waals surface area contributed by atoms with Crippen molar-refractivity contribution in [2.24, 2.45) is 5.92 Å². The number of fused-ring (bicyclic) bond motifs is 4. The zero-order chi connectivity index (χ0) is 11.2. The van der Waals surface area contributed by atoms with Crippen molar-refractivity contribution in [1.29, 1.82) is 0 Å². The molecule has 1 aromatic carbocycles. The molecule has 0 saturated carbocycles. The largest absolute Gasteiger partial charge is 0.355 e. The molecule has 1 atom stereocenters. The lowest BCUT2D eigenvalue weighted by Gasteiger charge is -2.49. The first kappa shape index (κ1) is 9.95. The van der Waals surface area contributed by atoms with Gasteiger partial charge in [0.2, 0.25) is 0 Å². The van der Waals surface area contributed by atoms with E-state index in [0.717, 1.165) is 5.92 Å². The van der Waals surface area contributed by atoms with Crippen molar-refractivity contribution >= 4 is 5.69 Å². The summed E-state index contributed by atoms with van der Waals surface area (Å²) in [7, 11) is 0. The van der Waals surface area contributed by atoms with Gasteiger partial charge in [-0.1, -0.05) is 18.2 Å². The monoisotopic (exact) mass is 228 g/mol. The van der Waals surface area contributed by atoms with Crippen LogP contribution in [0.15, 0.2) is 24.3 Å². The maximum Gasteiger partial charge on any atom is 0.0823 e. The smallest absolute Gasteiger partial charge is 0.0823 e. The molecule has 0 spiro atoms. The van der Waals surface area contributed by atoms with Crippen LogP contribution >= 0.6 is 0 Å². The molecule has 3 fully saturated rings. The van der Waals surface area contributed by atoms with Crippen LogP contribution in [0.4, 0.5) is 5.69 Å². The summed E-state index contributed by atoms with van der Waals surface area (Å²) in [4.78, 5) is 5.38. The van der Waals surface area contributed by atoms with Gasteiger partial charge in [-0.2, -0.15) is 0 Å². The van der Waals surface area contributed by atoms with Crippen LogP contribution < -0.4 is 4.90 Å². The minimum absolute atomic E-state index is 0.700. The Morgan fingerprint density at radius 2 is 1.82 bits per heavy atom. The van der Waals surface area contributed by atoms with Crippen LogP contribution in [0.5, 0.6) is 0 Å². The first-order chi connectivity index (χ1) is 8.42. The summed E-state index contributed by atoms with van der Waals surface area (Å²) in [6.07, 6.45) is 6.21. The summed E-state index contributed by atoms with van der Waals surface area (Å²) < 4.78 is 0. The second-order valence-electron chi connectivity index (χ2n) is 5.77. The Labute approximate surface area is 103 Å². The highest BCUT2D eigenvalue weighted by atomic mass is 15.4. The molecule has 90 valence electrons. The van der Waals surface area contributed by atoms with E-state index in [9.17, 15) is 0 Å². The molecular weight excluding hydrogens is 208 g/mol. The number of hydrogen-bond donors (Lipinski definition) is 0. The number of nitrogens with zero attached hydrogens (tertiary/aromatic N) is 2. The van der Waals surface area contributed by atoms with Gasteiger partial charge in [-0.05, 0) is 43.2 Å². The topological polar surface area (TPSA) is 6.48 Å². The van der Waals surface area contributed by atoms with E-state index in [0.29, 0.717) is 6.17 Å². The van der Waals surface area contributed by atoms with Crippen molar-refractivity contribution in [3.05, 3.63) is 29.8 Å². The predicted molar refractivity (Wildman–Crippen MR) is 70.2 cm³/mol. The van der Waals surface area contributed by atoms with Crippen LogP contribution in [0.3, 0.4) is 0 Å². The summed E-state index contributed by atoms with van der Waals surface area (Å²) in [5, 5.41) is 0. The molecule has 4 heterocycles. The van der Waals surface area contributed by atoms with E-state index < -0.39 is 0 Å².